The highest BCUT2D eigenvalue weighted by Gasteiger charge is 2.16. The van der Waals surface area contributed by atoms with Gasteiger partial charge < -0.3 is 25.3 Å². The summed E-state index contributed by atoms with van der Waals surface area (Å²) in [5, 5.41) is 4.70. The number of rotatable bonds is 16. The molecule has 0 aliphatic rings. The normalized spacial score (nSPS) is 11.8. The minimum atomic E-state index is -0.0494. The predicted octanol–water partition coefficient (Wildman–Crippen LogP) is 6.47. The van der Waals surface area contributed by atoms with E-state index in [2.05, 4.69) is 11.4 Å². The lowest BCUT2D eigenvalue weighted by atomic mass is 9.91. The molecule has 0 aromatic heterocycles. The summed E-state index contributed by atoms with van der Waals surface area (Å²) in [6, 6.07) is 17.7. The van der Waals surface area contributed by atoms with Crippen molar-refractivity contribution >= 4 is 40.7 Å². The molecule has 216 valence electrons. The van der Waals surface area contributed by atoms with Gasteiger partial charge in [-0.05, 0) is 84.7 Å². The third-order valence-corrected chi connectivity index (χ3v) is 7.29. The Bertz CT molecular complexity index is 1210. The van der Waals surface area contributed by atoms with Crippen molar-refractivity contribution in [2.45, 2.75) is 32.6 Å². The van der Waals surface area contributed by atoms with E-state index in [0.29, 0.717) is 55.1 Å². The summed E-state index contributed by atoms with van der Waals surface area (Å²) in [6.07, 6.45) is 2.60. The summed E-state index contributed by atoms with van der Waals surface area (Å²) in [7, 11) is 1.69. The summed E-state index contributed by atoms with van der Waals surface area (Å²) in [5.74, 6) is 1.28. The smallest absolute Gasteiger partial charge is 0.221 e. The Kier molecular flexibility index (Phi) is 13.4. The molecule has 1 unspecified atom stereocenters. The number of ether oxygens (including phenoxy) is 3. The molecule has 0 heterocycles. The van der Waals surface area contributed by atoms with Crippen molar-refractivity contribution in [1.29, 1.82) is 0 Å². The topological polar surface area (TPSA) is 82.8 Å². The SMILES string of the molecule is COCCc1ccc(Cl)c(CC(CNC(=O)CCN)Cc2ccc(OCCOc3c(Cl)cc(C)cc3Cl)cc2)c1. The van der Waals surface area contributed by atoms with Gasteiger partial charge in [0.05, 0.1) is 16.7 Å². The molecule has 9 heteroatoms. The molecular weight excluding hydrogens is 571 g/mol. The number of methoxy groups -OCH3 is 1. The second kappa shape index (κ2) is 16.7. The van der Waals surface area contributed by atoms with Crippen LogP contribution in [0.3, 0.4) is 0 Å². The lowest BCUT2D eigenvalue weighted by Gasteiger charge is -2.20. The average Bonchev–Trinajstić information content (AvgIpc) is 2.92. The maximum Gasteiger partial charge on any atom is 0.221 e. The van der Waals surface area contributed by atoms with Crippen LogP contribution in [0.1, 0.15) is 28.7 Å². The van der Waals surface area contributed by atoms with E-state index in [-0.39, 0.29) is 11.8 Å². The van der Waals surface area contributed by atoms with Crippen LogP contribution >= 0.6 is 34.8 Å². The van der Waals surface area contributed by atoms with Crippen LogP contribution < -0.4 is 20.5 Å². The first-order valence-corrected chi connectivity index (χ1v) is 14.5. The molecule has 1 atom stereocenters. The fourth-order valence-corrected chi connectivity index (χ4v) is 5.25. The van der Waals surface area contributed by atoms with Crippen molar-refractivity contribution in [3.8, 4) is 11.5 Å². The standard InChI is InChI=1S/C31H37Cl3N2O4/c1-21-15-28(33)31(29(34)16-21)40-14-13-39-26-6-3-22(4-7-26)17-24(20-36-30(37)9-11-35)19-25-18-23(10-12-38-2)5-8-27(25)32/h3-8,15-16,18,24H,9-14,17,19-20,35H2,1-2H3,(H,36,37). The maximum atomic E-state index is 12.1. The van der Waals surface area contributed by atoms with Gasteiger partial charge in [-0.15, -0.1) is 0 Å². The van der Waals surface area contributed by atoms with Gasteiger partial charge in [0.15, 0.2) is 5.75 Å². The molecule has 0 saturated heterocycles. The third kappa shape index (κ3) is 10.5. The van der Waals surface area contributed by atoms with Crippen LogP contribution in [0.5, 0.6) is 11.5 Å². The quantitative estimate of drug-likeness (QED) is 0.183. The molecule has 3 aromatic rings. The van der Waals surface area contributed by atoms with Crippen molar-refractivity contribution in [2.75, 3.05) is 40.0 Å². The van der Waals surface area contributed by atoms with Gasteiger partial charge in [-0.3, -0.25) is 4.79 Å². The summed E-state index contributed by atoms with van der Waals surface area (Å²) >= 11 is 19.0. The Hall–Kier alpha value is -2.48. The minimum Gasteiger partial charge on any atom is -0.490 e. The molecule has 0 spiro atoms. The molecule has 3 rings (SSSR count). The first-order chi connectivity index (χ1) is 19.3. The molecule has 6 nitrogen and oxygen atoms in total. The summed E-state index contributed by atoms with van der Waals surface area (Å²) in [5.41, 5.74) is 9.87. The van der Waals surface area contributed by atoms with Gasteiger partial charge in [-0.25, -0.2) is 0 Å². The maximum absolute atomic E-state index is 12.1. The zero-order chi connectivity index (χ0) is 28.9. The molecule has 0 aliphatic carbocycles. The number of nitrogens with one attached hydrogen (secondary N) is 1. The number of hydrogen-bond donors (Lipinski definition) is 2. The van der Waals surface area contributed by atoms with Gasteiger partial charge in [0, 0.05) is 31.6 Å². The van der Waals surface area contributed by atoms with Crippen LogP contribution in [-0.4, -0.2) is 45.9 Å². The molecule has 3 aromatic carbocycles. The Labute approximate surface area is 252 Å². The fourth-order valence-electron chi connectivity index (χ4n) is 4.35. The summed E-state index contributed by atoms with van der Waals surface area (Å²) in [6.45, 7) is 4.06. The van der Waals surface area contributed by atoms with Crippen LogP contribution in [0.15, 0.2) is 54.6 Å². The molecule has 40 heavy (non-hydrogen) atoms. The molecule has 0 fully saturated rings. The Morgan fingerprint density at radius 1 is 0.875 bits per heavy atom. The fraction of sp³-hybridized carbons (Fsp3) is 0.387. The highest BCUT2D eigenvalue weighted by atomic mass is 35.5. The Morgan fingerprint density at radius 2 is 1.55 bits per heavy atom. The third-order valence-electron chi connectivity index (χ3n) is 6.36. The van der Waals surface area contributed by atoms with E-state index in [1.54, 1.807) is 7.11 Å². The first-order valence-electron chi connectivity index (χ1n) is 13.3. The predicted molar refractivity (Wildman–Crippen MR) is 163 cm³/mol. The van der Waals surface area contributed by atoms with E-state index < -0.39 is 0 Å². The minimum absolute atomic E-state index is 0.0494. The molecule has 3 N–H and O–H groups in total. The monoisotopic (exact) mass is 606 g/mol. The molecule has 0 radical (unpaired) electrons. The van der Waals surface area contributed by atoms with E-state index in [9.17, 15) is 4.79 Å². The second-order valence-electron chi connectivity index (χ2n) is 9.68. The summed E-state index contributed by atoms with van der Waals surface area (Å²) in [4.78, 5) is 12.1. The van der Waals surface area contributed by atoms with E-state index in [1.165, 1.54) is 5.56 Å². The number of benzene rings is 3. The van der Waals surface area contributed by atoms with Crippen LogP contribution in [0, 0.1) is 12.8 Å². The van der Waals surface area contributed by atoms with Crippen molar-refractivity contribution < 1.29 is 19.0 Å². The lowest BCUT2D eigenvalue weighted by molar-refractivity contribution is -0.121. The van der Waals surface area contributed by atoms with Crippen LogP contribution in [0.2, 0.25) is 15.1 Å². The molecule has 0 saturated carbocycles. The number of halogens is 3. The molecule has 0 bridgehead atoms. The molecule has 0 aliphatic heterocycles. The van der Waals surface area contributed by atoms with E-state index in [1.807, 2.05) is 55.5 Å². The van der Waals surface area contributed by atoms with Crippen molar-refractivity contribution in [2.24, 2.45) is 11.7 Å². The molecule has 1 amide bonds. The van der Waals surface area contributed by atoms with Gasteiger partial charge in [-0.2, -0.15) is 0 Å². The highest BCUT2D eigenvalue weighted by molar-refractivity contribution is 6.37. The number of aryl methyl sites for hydroxylation is 1. The van der Waals surface area contributed by atoms with Gasteiger partial charge in [-0.1, -0.05) is 59.1 Å². The van der Waals surface area contributed by atoms with E-state index in [4.69, 9.17) is 54.7 Å². The summed E-state index contributed by atoms with van der Waals surface area (Å²) < 4.78 is 16.8. The van der Waals surface area contributed by atoms with Gasteiger partial charge in [0.2, 0.25) is 5.91 Å². The van der Waals surface area contributed by atoms with Crippen molar-refractivity contribution in [3.63, 3.8) is 0 Å². The van der Waals surface area contributed by atoms with Crippen LogP contribution in [-0.2, 0) is 28.8 Å². The Balaban J connectivity index is 1.60. The lowest BCUT2D eigenvalue weighted by Crippen LogP contribution is -2.32. The van der Waals surface area contributed by atoms with E-state index >= 15 is 0 Å². The number of carbonyl (C=O) groups excluding carboxylic acids is 1. The Morgan fingerprint density at radius 3 is 2.23 bits per heavy atom. The van der Waals surface area contributed by atoms with Crippen molar-refractivity contribution in [1.82, 2.24) is 5.32 Å². The van der Waals surface area contributed by atoms with Gasteiger partial charge in [0.1, 0.15) is 19.0 Å². The number of hydrogen-bond acceptors (Lipinski definition) is 5. The number of amides is 1. The van der Waals surface area contributed by atoms with Crippen LogP contribution in [0.25, 0.3) is 0 Å². The average molecular weight is 608 g/mol. The first kappa shape index (κ1) is 32.0. The number of nitrogens with two attached hydrogens (primary N) is 1. The van der Waals surface area contributed by atoms with Crippen molar-refractivity contribution in [3.05, 3.63) is 91.9 Å². The number of carbonyl (C=O) groups is 1. The van der Waals surface area contributed by atoms with Gasteiger partial charge in [0.25, 0.3) is 0 Å². The molecular formula is C31H37Cl3N2O4. The van der Waals surface area contributed by atoms with E-state index in [0.717, 1.165) is 46.7 Å². The van der Waals surface area contributed by atoms with Crippen LogP contribution in [0.4, 0.5) is 0 Å². The second-order valence-corrected chi connectivity index (χ2v) is 10.9. The largest absolute Gasteiger partial charge is 0.490 e. The highest BCUT2D eigenvalue weighted by Crippen LogP contribution is 2.34. The zero-order valence-corrected chi connectivity index (χ0v) is 25.2. The zero-order valence-electron chi connectivity index (χ0n) is 23.0. The van der Waals surface area contributed by atoms with Gasteiger partial charge >= 0.3 is 0 Å².